The van der Waals surface area contributed by atoms with Crippen molar-refractivity contribution >= 4 is 29.1 Å². The molecular formula is C23H18ClNO5. The molecule has 2 heterocycles. The number of likely N-dealkylation sites (tertiary alicyclic amines) is 1. The fourth-order valence-corrected chi connectivity index (χ4v) is 3.64. The zero-order valence-electron chi connectivity index (χ0n) is 16.0. The zero-order chi connectivity index (χ0) is 21.3. The normalized spacial score (nSPS) is 18.1. The average Bonchev–Trinajstić information content (AvgIpc) is 3.36. The number of nitrogens with zero attached hydrogens (tertiary/aromatic N) is 1. The van der Waals surface area contributed by atoms with E-state index in [0.717, 1.165) is 0 Å². The summed E-state index contributed by atoms with van der Waals surface area (Å²) in [6.45, 7) is 0.0876. The first-order valence-electron chi connectivity index (χ1n) is 9.20. The Morgan fingerprint density at radius 2 is 1.80 bits per heavy atom. The predicted octanol–water partition coefficient (Wildman–Crippen LogP) is 4.56. The molecule has 2 aromatic carbocycles. The van der Waals surface area contributed by atoms with Crippen molar-refractivity contribution in [3.63, 3.8) is 0 Å². The van der Waals surface area contributed by atoms with E-state index in [-0.39, 0.29) is 17.9 Å². The van der Waals surface area contributed by atoms with Crippen LogP contribution in [0.25, 0.3) is 5.76 Å². The van der Waals surface area contributed by atoms with E-state index in [1.54, 1.807) is 60.7 Å². The molecule has 0 spiro atoms. The third-order valence-electron chi connectivity index (χ3n) is 5.00. The lowest BCUT2D eigenvalue weighted by atomic mass is 9.95. The van der Waals surface area contributed by atoms with E-state index in [2.05, 4.69) is 0 Å². The molecule has 0 aliphatic carbocycles. The molecule has 0 bridgehead atoms. The quantitative estimate of drug-likeness (QED) is 0.369. The number of carbonyl (C=O) groups excluding carboxylic acids is 2. The van der Waals surface area contributed by atoms with E-state index in [9.17, 15) is 14.7 Å². The second kappa shape index (κ2) is 8.08. The molecule has 4 rings (SSSR count). The number of ether oxygens (including phenoxy) is 1. The second-order valence-electron chi connectivity index (χ2n) is 6.79. The van der Waals surface area contributed by atoms with Gasteiger partial charge in [0.2, 0.25) is 0 Å². The van der Waals surface area contributed by atoms with Gasteiger partial charge in [0.05, 0.1) is 31.5 Å². The van der Waals surface area contributed by atoms with Crippen molar-refractivity contribution in [2.75, 3.05) is 7.11 Å². The van der Waals surface area contributed by atoms with Crippen LogP contribution in [0.2, 0.25) is 5.02 Å². The number of aliphatic hydroxyl groups is 1. The minimum absolute atomic E-state index is 0.0130. The third-order valence-corrected chi connectivity index (χ3v) is 5.25. The molecule has 0 saturated carbocycles. The number of benzene rings is 2. The number of rotatable bonds is 5. The first kappa shape index (κ1) is 19.8. The van der Waals surface area contributed by atoms with Crippen LogP contribution in [0.15, 0.2) is 76.9 Å². The van der Waals surface area contributed by atoms with Crippen LogP contribution in [0, 0.1) is 0 Å². The summed E-state index contributed by atoms with van der Waals surface area (Å²) < 4.78 is 10.5. The van der Waals surface area contributed by atoms with Gasteiger partial charge in [0, 0.05) is 10.6 Å². The Hall–Kier alpha value is -3.51. The van der Waals surface area contributed by atoms with Crippen molar-refractivity contribution in [2.24, 2.45) is 0 Å². The smallest absolute Gasteiger partial charge is 0.296 e. The lowest BCUT2D eigenvalue weighted by Gasteiger charge is -2.24. The summed E-state index contributed by atoms with van der Waals surface area (Å²) in [7, 11) is 1.54. The minimum Gasteiger partial charge on any atom is -0.507 e. The third kappa shape index (κ3) is 3.57. The van der Waals surface area contributed by atoms with Crippen LogP contribution in [0.5, 0.6) is 5.75 Å². The number of furan rings is 1. The molecule has 6 nitrogen and oxygen atoms in total. The van der Waals surface area contributed by atoms with Crippen LogP contribution < -0.4 is 4.74 Å². The lowest BCUT2D eigenvalue weighted by Crippen LogP contribution is -2.29. The van der Waals surface area contributed by atoms with Crippen molar-refractivity contribution in [2.45, 2.75) is 12.6 Å². The highest BCUT2D eigenvalue weighted by molar-refractivity contribution is 6.46. The highest BCUT2D eigenvalue weighted by Gasteiger charge is 2.46. The van der Waals surface area contributed by atoms with Crippen molar-refractivity contribution in [1.29, 1.82) is 0 Å². The Bertz CT molecular complexity index is 1100. The summed E-state index contributed by atoms with van der Waals surface area (Å²) in [4.78, 5) is 27.2. The Morgan fingerprint density at radius 1 is 1.10 bits per heavy atom. The number of halogens is 1. The first-order valence-corrected chi connectivity index (χ1v) is 9.58. The van der Waals surface area contributed by atoms with E-state index in [0.29, 0.717) is 27.7 Å². The van der Waals surface area contributed by atoms with Gasteiger partial charge in [-0.25, -0.2) is 0 Å². The standard InChI is InChI=1S/C23H18ClNO5/c1-29-17-10-6-15(7-11-17)21(26)19-20(14-4-8-16(24)9-5-14)25(23(28)22(19)27)13-18-3-2-12-30-18/h2-12,20,26H,13H2,1H3/t20-/m0/s1. The summed E-state index contributed by atoms with van der Waals surface area (Å²) >= 11 is 6.01. The van der Waals surface area contributed by atoms with Gasteiger partial charge in [0.1, 0.15) is 17.3 Å². The topological polar surface area (TPSA) is 80.0 Å². The highest BCUT2D eigenvalue weighted by Crippen LogP contribution is 2.40. The Kier molecular flexibility index (Phi) is 5.33. The molecule has 152 valence electrons. The van der Waals surface area contributed by atoms with Gasteiger partial charge in [-0.1, -0.05) is 23.7 Å². The fraction of sp³-hybridized carbons (Fsp3) is 0.130. The second-order valence-corrected chi connectivity index (χ2v) is 7.22. The Morgan fingerprint density at radius 3 is 2.40 bits per heavy atom. The number of aliphatic hydroxyl groups excluding tert-OH is 1. The van der Waals surface area contributed by atoms with Gasteiger partial charge in [-0.05, 0) is 54.1 Å². The Balaban J connectivity index is 1.84. The number of hydrogen-bond donors (Lipinski definition) is 1. The maximum Gasteiger partial charge on any atom is 0.296 e. The molecule has 1 atom stereocenters. The van der Waals surface area contributed by atoms with Gasteiger partial charge in [-0.2, -0.15) is 0 Å². The molecule has 0 unspecified atom stereocenters. The molecule has 1 aliphatic heterocycles. The zero-order valence-corrected chi connectivity index (χ0v) is 16.8. The molecule has 1 fully saturated rings. The maximum atomic E-state index is 12.9. The van der Waals surface area contributed by atoms with Crippen LogP contribution >= 0.6 is 11.6 Å². The largest absolute Gasteiger partial charge is 0.507 e. The predicted molar refractivity (Wildman–Crippen MR) is 111 cm³/mol. The maximum absolute atomic E-state index is 12.9. The number of amides is 1. The first-order chi connectivity index (χ1) is 14.5. The van der Waals surface area contributed by atoms with Gasteiger partial charge in [-0.3, -0.25) is 9.59 Å². The molecule has 7 heteroatoms. The summed E-state index contributed by atoms with van der Waals surface area (Å²) in [6.07, 6.45) is 1.50. The van der Waals surface area contributed by atoms with E-state index >= 15 is 0 Å². The van der Waals surface area contributed by atoms with Gasteiger partial charge in [0.25, 0.3) is 11.7 Å². The number of Topliss-reactive ketones (excluding diaryl/α,β-unsaturated/α-hetero) is 1. The molecule has 1 amide bonds. The van der Waals surface area contributed by atoms with E-state index < -0.39 is 17.7 Å². The highest BCUT2D eigenvalue weighted by atomic mass is 35.5. The molecular weight excluding hydrogens is 406 g/mol. The van der Waals surface area contributed by atoms with Crippen molar-refractivity contribution in [1.82, 2.24) is 4.90 Å². The van der Waals surface area contributed by atoms with E-state index in [1.807, 2.05) is 0 Å². The fourth-order valence-electron chi connectivity index (χ4n) is 3.51. The Labute approximate surface area is 177 Å². The van der Waals surface area contributed by atoms with Gasteiger partial charge >= 0.3 is 0 Å². The monoisotopic (exact) mass is 423 g/mol. The minimum atomic E-state index is -0.783. The summed E-state index contributed by atoms with van der Waals surface area (Å²) in [5, 5.41) is 11.5. The molecule has 0 radical (unpaired) electrons. The molecule has 1 aromatic heterocycles. The number of hydrogen-bond acceptors (Lipinski definition) is 5. The molecule has 1 aliphatic rings. The average molecular weight is 424 g/mol. The van der Waals surface area contributed by atoms with Gasteiger partial charge < -0.3 is 19.2 Å². The van der Waals surface area contributed by atoms with Gasteiger partial charge in [0.15, 0.2) is 0 Å². The van der Waals surface area contributed by atoms with E-state index in [4.69, 9.17) is 20.8 Å². The van der Waals surface area contributed by atoms with Crippen LogP contribution in [0.4, 0.5) is 0 Å². The van der Waals surface area contributed by atoms with Gasteiger partial charge in [-0.15, -0.1) is 0 Å². The number of ketones is 1. The SMILES string of the molecule is COc1ccc(C(O)=C2C(=O)C(=O)N(Cc3ccco3)[C@H]2c2ccc(Cl)cc2)cc1. The van der Waals surface area contributed by atoms with Crippen LogP contribution in [-0.2, 0) is 16.1 Å². The van der Waals surface area contributed by atoms with Crippen molar-refractivity contribution in [3.05, 3.63) is 94.4 Å². The summed E-state index contributed by atoms with van der Waals surface area (Å²) in [6, 6.07) is 16.1. The van der Waals surface area contributed by atoms with Crippen LogP contribution in [0.3, 0.4) is 0 Å². The lowest BCUT2D eigenvalue weighted by molar-refractivity contribution is -0.140. The molecule has 1 saturated heterocycles. The van der Waals surface area contributed by atoms with Crippen molar-refractivity contribution < 1.29 is 23.8 Å². The number of methoxy groups -OCH3 is 1. The van der Waals surface area contributed by atoms with E-state index in [1.165, 1.54) is 18.3 Å². The van der Waals surface area contributed by atoms with Crippen LogP contribution in [-0.4, -0.2) is 28.8 Å². The molecule has 30 heavy (non-hydrogen) atoms. The summed E-state index contributed by atoms with van der Waals surface area (Å²) in [5.41, 5.74) is 1.07. The molecule has 3 aromatic rings. The van der Waals surface area contributed by atoms with Crippen molar-refractivity contribution in [3.8, 4) is 5.75 Å². The molecule has 1 N–H and O–H groups in total. The van der Waals surface area contributed by atoms with Crippen LogP contribution in [0.1, 0.15) is 22.9 Å². The number of carbonyl (C=O) groups is 2. The summed E-state index contributed by atoms with van der Waals surface area (Å²) in [5.74, 6) is -0.575.